The van der Waals surface area contributed by atoms with E-state index in [0.717, 1.165) is 0 Å². The Hall–Kier alpha value is -0.680. The Morgan fingerprint density at radius 1 is 1.38 bits per heavy atom. The molecule has 0 unspecified atom stereocenters. The lowest BCUT2D eigenvalue weighted by Crippen LogP contribution is -2.23. The number of nitrogens with zero attached hydrogens (tertiary/aromatic N) is 2. The SMILES string of the molecule is CCOP(=O)([O-])OCC.Cn1cc[n+](C)c1. The van der Waals surface area contributed by atoms with Gasteiger partial charge in [0.25, 0.3) is 7.82 Å². The maximum Gasteiger partial charge on any atom is 0.267 e. The largest absolute Gasteiger partial charge is 0.756 e. The number of hydrogen-bond acceptors (Lipinski definition) is 4. The highest BCUT2D eigenvalue weighted by Crippen LogP contribution is 2.37. The summed E-state index contributed by atoms with van der Waals surface area (Å²) in [6, 6.07) is 0. The number of hydrogen-bond donors (Lipinski definition) is 0. The Balaban J connectivity index is 0.000000288. The van der Waals surface area contributed by atoms with Gasteiger partial charge in [-0.05, 0) is 13.8 Å². The first-order valence-corrected chi connectivity index (χ1v) is 6.44. The summed E-state index contributed by atoms with van der Waals surface area (Å²) < 4.78 is 22.9. The highest BCUT2D eigenvalue weighted by atomic mass is 31.2. The highest BCUT2D eigenvalue weighted by Gasteiger charge is 2.04. The van der Waals surface area contributed by atoms with Crippen LogP contribution in [0.3, 0.4) is 0 Å². The van der Waals surface area contributed by atoms with Crippen molar-refractivity contribution in [2.75, 3.05) is 13.2 Å². The van der Waals surface area contributed by atoms with E-state index in [9.17, 15) is 9.46 Å². The number of aryl methyl sites for hydroxylation is 2. The zero-order valence-corrected chi connectivity index (χ0v) is 11.0. The predicted molar refractivity (Wildman–Crippen MR) is 57.4 cm³/mol. The van der Waals surface area contributed by atoms with Gasteiger partial charge in [0.2, 0.25) is 6.33 Å². The third-order valence-electron chi connectivity index (χ3n) is 1.48. The molecule has 0 radical (unpaired) electrons. The van der Waals surface area contributed by atoms with Crippen LogP contribution in [0.25, 0.3) is 0 Å². The first-order valence-electron chi connectivity index (χ1n) is 4.98. The van der Waals surface area contributed by atoms with Gasteiger partial charge in [0, 0.05) is 0 Å². The summed E-state index contributed by atoms with van der Waals surface area (Å²) in [5.74, 6) is 0. The third kappa shape index (κ3) is 7.59. The molecule has 0 N–H and O–H groups in total. The van der Waals surface area contributed by atoms with Crippen LogP contribution in [0.5, 0.6) is 0 Å². The average Bonchev–Trinajstić information content (AvgIpc) is 2.50. The summed E-state index contributed by atoms with van der Waals surface area (Å²) in [5, 5.41) is 0. The fourth-order valence-corrected chi connectivity index (χ4v) is 1.64. The molecule has 0 aliphatic heterocycles. The molecule has 0 atom stereocenters. The molecule has 1 rings (SSSR count). The molecule has 1 aromatic heterocycles. The van der Waals surface area contributed by atoms with Gasteiger partial charge >= 0.3 is 0 Å². The molecule has 16 heavy (non-hydrogen) atoms. The topological polar surface area (TPSA) is 67.4 Å². The molecule has 0 amide bonds. The van der Waals surface area contributed by atoms with E-state index >= 15 is 0 Å². The Morgan fingerprint density at radius 2 is 1.88 bits per heavy atom. The first-order chi connectivity index (χ1) is 7.41. The Bertz CT molecular complexity index is 314. The van der Waals surface area contributed by atoms with E-state index in [0.29, 0.717) is 0 Å². The number of phosphoric acid groups is 1. The minimum Gasteiger partial charge on any atom is -0.756 e. The quantitative estimate of drug-likeness (QED) is 0.572. The molecule has 7 heteroatoms. The van der Waals surface area contributed by atoms with Crippen LogP contribution in [-0.4, -0.2) is 17.8 Å². The van der Waals surface area contributed by atoms with Crippen LogP contribution in [0.1, 0.15) is 13.8 Å². The predicted octanol–water partition coefficient (Wildman–Crippen LogP) is 0.377. The van der Waals surface area contributed by atoms with E-state index in [4.69, 9.17) is 0 Å². The minimum atomic E-state index is -3.94. The number of phosphoric ester groups is 1. The van der Waals surface area contributed by atoms with Crippen LogP contribution >= 0.6 is 7.82 Å². The van der Waals surface area contributed by atoms with Gasteiger partial charge in [-0.25, -0.2) is 9.13 Å². The van der Waals surface area contributed by atoms with E-state index in [2.05, 4.69) is 9.05 Å². The molecule has 0 saturated carbocycles. The summed E-state index contributed by atoms with van der Waals surface area (Å²) in [5.41, 5.74) is 0. The van der Waals surface area contributed by atoms with Crippen LogP contribution in [-0.2, 0) is 27.7 Å². The highest BCUT2D eigenvalue weighted by molar-refractivity contribution is 7.45. The van der Waals surface area contributed by atoms with E-state index in [1.165, 1.54) is 0 Å². The van der Waals surface area contributed by atoms with Crippen molar-refractivity contribution >= 4 is 7.82 Å². The summed E-state index contributed by atoms with van der Waals surface area (Å²) in [7, 11) is 0.0575. The molecule has 0 saturated heterocycles. The van der Waals surface area contributed by atoms with Gasteiger partial charge in [-0.15, -0.1) is 0 Å². The van der Waals surface area contributed by atoms with Crippen molar-refractivity contribution in [3.05, 3.63) is 18.7 Å². The second-order valence-corrected chi connectivity index (χ2v) is 4.44. The average molecular weight is 250 g/mol. The molecular weight excluding hydrogens is 231 g/mol. The molecule has 0 spiro atoms. The second-order valence-electron chi connectivity index (χ2n) is 3.03. The maximum absolute atomic E-state index is 10.4. The molecule has 0 aliphatic rings. The zero-order chi connectivity index (χ0) is 12.6. The van der Waals surface area contributed by atoms with E-state index in [1.807, 2.05) is 42.0 Å². The molecule has 94 valence electrons. The standard InChI is InChI=1S/C5H9N2.C4H11O4P/c1-6-3-4-7(2)5-6;1-3-7-9(5,6)8-4-2/h3-5H,1-2H3;3-4H2,1-2H3,(H,5,6)/q+1;/p-1. The van der Waals surface area contributed by atoms with Gasteiger partial charge < -0.3 is 13.9 Å². The second kappa shape index (κ2) is 7.57. The van der Waals surface area contributed by atoms with Crippen molar-refractivity contribution in [1.29, 1.82) is 0 Å². The Labute approximate surface area is 96.0 Å². The van der Waals surface area contributed by atoms with Gasteiger partial charge in [0.15, 0.2) is 0 Å². The molecule has 1 heterocycles. The lowest BCUT2D eigenvalue weighted by Gasteiger charge is -2.20. The third-order valence-corrected chi connectivity index (χ3v) is 2.62. The van der Waals surface area contributed by atoms with Gasteiger partial charge in [0.05, 0.1) is 27.3 Å². The fourth-order valence-electron chi connectivity index (χ4n) is 0.928. The van der Waals surface area contributed by atoms with Crippen LogP contribution in [0.15, 0.2) is 18.7 Å². The monoisotopic (exact) mass is 250 g/mol. The molecule has 1 aromatic rings. The van der Waals surface area contributed by atoms with Crippen molar-refractivity contribution in [1.82, 2.24) is 4.57 Å². The smallest absolute Gasteiger partial charge is 0.267 e. The number of rotatable bonds is 4. The van der Waals surface area contributed by atoms with Crippen molar-refractivity contribution in [3.63, 3.8) is 0 Å². The fraction of sp³-hybridized carbons (Fsp3) is 0.667. The lowest BCUT2D eigenvalue weighted by molar-refractivity contribution is -0.670. The molecular formula is C9H19N2O4P. The van der Waals surface area contributed by atoms with Crippen LogP contribution in [0.4, 0.5) is 0 Å². The van der Waals surface area contributed by atoms with E-state index in [-0.39, 0.29) is 13.2 Å². The van der Waals surface area contributed by atoms with Gasteiger partial charge in [-0.3, -0.25) is 4.57 Å². The van der Waals surface area contributed by atoms with Crippen LogP contribution < -0.4 is 9.46 Å². The van der Waals surface area contributed by atoms with Crippen molar-refractivity contribution < 1.29 is 23.1 Å². The van der Waals surface area contributed by atoms with Crippen molar-refractivity contribution in [2.45, 2.75) is 13.8 Å². The zero-order valence-electron chi connectivity index (χ0n) is 10.1. The molecule has 0 bridgehead atoms. The van der Waals surface area contributed by atoms with Crippen LogP contribution in [0, 0.1) is 0 Å². The molecule has 6 nitrogen and oxygen atoms in total. The van der Waals surface area contributed by atoms with Gasteiger partial charge in [-0.2, -0.15) is 0 Å². The van der Waals surface area contributed by atoms with Crippen molar-refractivity contribution in [3.8, 4) is 0 Å². The summed E-state index contributed by atoms with van der Waals surface area (Å²) in [6.07, 6.45) is 6.00. The Morgan fingerprint density at radius 3 is 2.06 bits per heavy atom. The van der Waals surface area contributed by atoms with Gasteiger partial charge in [-0.1, -0.05) is 0 Å². The normalized spacial score (nSPS) is 10.8. The van der Waals surface area contributed by atoms with Gasteiger partial charge in [0.1, 0.15) is 12.4 Å². The number of imidazole rings is 1. The van der Waals surface area contributed by atoms with Crippen molar-refractivity contribution in [2.24, 2.45) is 14.1 Å². The Kier molecular flexibility index (Phi) is 7.25. The summed E-state index contributed by atoms with van der Waals surface area (Å²) in [6.45, 7) is 3.43. The maximum atomic E-state index is 10.4. The molecule has 0 aliphatic carbocycles. The number of aromatic nitrogens is 2. The van der Waals surface area contributed by atoms with Crippen LogP contribution in [0.2, 0.25) is 0 Å². The minimum absolute atomic E-state index is 0.126. The lowest BCUT2D eigenvalue weighted by atomic mass is 10.9. The first kappa shape index (κ1) is 15.3. The molecule has 0 fully saturated rings. The summed E-state index contributed by atoms with van der Waals surface area (Å²) in [4.78, 5) is 10.4. The summed E-state index contributed by atoms with van der Waals surface area (Å²) >= 11 is 0. The van der Waals surface area contributed by atoms with E-state index in [1.54, 1.807) is 13.8 Å². The molecule has 0 aromatic carbocycles. The van der Waals surface area contributed by atoms with E-state index < -0.39 is 7.82 Å².